The van der Waals surface area contributed by atoms with Crippen LogP contribution in [0.15, 0.2) is 4.40 Å². The number of nitrogens with zero attached hydrogens (tertiary/aromatic N) is 1. The van der Waals surface area contributed by atoms with Crippen molar-refractivity contribution in [2.24, 2.45) is 4.40 Å². The van der Waals surface area contributed by atoms with E-state index in [2.05, 4.69) is 4.40 Å². The molecule has 0 heterocycles. The highest BCUT2D eigenvalue weighted by molar-refractivity contribution is 7.90. The molecule has 6 heteroatoms. The predicted octanol–water partition coefficient (Wildman–Crippen LogP) is -0.508. The SMILES string of the molecule is C/C=N\S(=O)(=O)CC(=O)O. The molecule has 0 saturated carbocycles. The van der Waals surface area contributed by atoms with Gasteiger partial charge in [-0.15, -0.1) is 0 Å². The lowest BCUT2D eigenvalue weighted by molar-refractivity contribution is -0.134. The van der Waals surface area contributed by atoms with Crippen LogP contribution in [0.3, 0.4) is 0 Å². The monoisotopic (exact) mass is 165 g/mol. The molecular weight excluding hydrogens is 158 g/mol. The van der Waals surface area contributed by atoms with Crippen molar-refractivity contribution in [3.05, 3.63) is 0 Å². The Morgan fingerprint density at radius 2 is 2.20 bits per heavy atom. The van der Waals surface area contributed by atoms with Crippen molar-refractivity contribution in [3.63, 3.8) is 0 Å². The van der Waals surface area contributed by atoms with E-state index in [0.717, 1.165) is 6.21 Å². The van der Waals surface area contributed by atoms with E-state index in [4.69, 9.17) is 5.11 Å². The quantitative estimate of drug-likeness (QED) is 0.571. The molecule has 58 valence electrons. The Labute approximate surface area is 58.4 Å². The second-order valence-corrected chi connectivity index (χ2v) is 3.15. The van der Waals surface area contributed by atoms with Crippen LogP contribution in [0, 0.1) is 0 Å². The van der Waals surface area contributed by atoms with Crippen LogP contribution in [-0.4, -0.2) is 31.5 Å². The fourth-order valence-corrected chi connectivity index (χ4v) is 1.06. The minimum absolute atomic E-state index is 0.947. The Morgan fingerprint density at radius 3 is 2.50 bits per heavy atom. The maximum Gasteiger partial charge on any atom is 0.320 e. The first-order chi connectivity index (χ1) is 4.48. The van der Waals surface area contributed by atoms with Crippen LogP contribution in [0.5, 0.6) is 0 Å². The Kier molecular flexibility index (Phi) is 3.01. The van der Waals surface area contributed by atoms with Gasteiger partial charge >= 0.3 is 5.97 Å². The molecule has 1 N–H and O–H groups in total. The van der Waals surface area contributed by atoms with Gasteiger partial charge in [0.1, 0.15) is 0 Å². The first kappa shape index (κ1) is 9.09. The van der Waals surface area contributed by atoms with Gasteiger partial charge in [-0.3, -0.25) is 4.79 Å². The number of hydrogen-bond acceptors (Lipinski definition) is 3. The molecule has 10 heavy (non-hydrogen) atoms. The standard InChI is InChI=1S/C4H7NO4S/c1-2-5-10(8,9)3-4(6)7/h2H,3H2,1H3,(H,6,7)/b5-2-. The van der Waals surface area contributed by atoms with E-state index in [1.165, 1.54) is 6.92 Å². The molecule has 0 aromatic heterocycles. The summed E-state index contributed by atoms with van der Waals surface area (Å²) in [6.07, 6.45) is 1.04. The van der Waals surface area contributed by atoms with E-state index in [1.54, 1.807) is 0 Å². The molecule has 0 unspecified atom stereocenters. The molecule has 0 aromatic carbocycles. The topological polar surface area (TPSA) is 83.8 Å². The molecule has 0 fully saturated rings. The van der Waals surface area contributed by atoms with Crippen LogP contribution in [0.1, 0.15) is 6.92 Å². The number of carboxylic acid groups (broad SMARTS) is 1. The molecule has 0 aliphatic carbocycles. The zero-order valence-electron chi connectivity index (χ0n) is 5.31. The van der Waals surface area contributed by atoms with Gasteiger partial charge in [-0.1, -0.05) is 0 Å². The van der Waals surface area contributed by atoms with Crippen molar-refractivity contribution in [3.8, 4) is 0 Å². The highest BCUT2D eigenvalue weighted by Gasteiger charge is 2.11. The zero-order valence-corrected chi connectivity index (χ0v) is 6.13. The van der Waals surface area contributed by atoms with Crippen LogP contribution < -0.4 is 0 Å². The molecule has 0 bridgehead atoms. The maximum absolute atomic E-state index is 10.5. The van der Waals surface area contributed by atoms with Gasteiger partial charge in [-0.25, -0.2) is 8.42 Å². The van der Waals surface area contributed by atoms with Gasteiger partial charge in [0.15, 0.2) is 5.75 Å². The summed E-state index contributed by atoms with van der Waals surface area (Å²) >= 11 is 0. The highest BCUT2D eigenvalue weighted by atomic mass is 32.2. The normalized spacial score (nSPS) is 12.1. The fraction of sp³-hybridized carbons (Fsp3) is 0.500. The van der Waals surface area contributed by atoms with Crippen molar-refractivity contribution in [1.82, 2.24) is 0 Å². The van der Waals surface area contributed by atoms with Crippen molar-refractivity contribution in [2.75, 3.05) is 5.75 Å². The molecule has 0 rings (SSSR count). The molecule has 5 nitrogen and oxygen atoms in total. The highest BCUT2D eigenvalue weighted by Crippen LogP contribution is 1.89. The number of rotatable bonds is 3. The molecule has 0 radical (unpaired) electrons. The summed E-state index contributed by atoms with van der Waals surface area (Å²) in [4.78, 5) is 9.84. The zero-order chi connectivity index (χ0) is 8.20. The van der Waals surface area contributed by atoms with Gasteiger partial charge in [0, 0.05) is 6.21 Å². The fourth-order valence-electron chi connectivity index (χ4n) is 0.354. The Morgan fingerprint density at radius 1 is 1.70 bits per heavy atom. The van der Waals surface area contributed by atoms with Crippen molar-refractivity contribution < 1.29 is 18.3 Å². The number of sulfonamides is 1. The van der Waals surface area contributed by atoms with Crippen molar-refractivity contribution in [2.45, 2.75) is 6.92 Å². The molecule has 0 saturated heterocycles. The summed E-state index contributed by atoms with van der Waals surface area (Å²) in [5.41, 5.74) is 0. The van der Waals surface area contributed by atoms with Crippen LogP contribution >= 0.6 is 0 Å². The van der Waals surface area contributed by atoms with E-state index in [1.807, 2.05) is 0 Å². The third-order valence-electron chi connectivity index (χ3n) is 0.572. The van der Waals surface area contributed by atoms with E-state index >= 15 is 0 Å². The third-order valence-corrected chi connectivity index (χ3v) is 1.72. The lowest BCUT2D eigenvalue weighted by Crippen LogP contribution is -2.12. The van der Waals surface area contributed by atoms with Gasteiger partial charge in [0.2, 0.25) is 0 Å². The summed E-state index contributed by atoms with van der Waals surface area (Å²) in [6, 6.07) is 0. The average Bonchev–Trinajstić information content (AvgIpc) is 1.59. The van der Waals surface area contributed by atoms with Crippen molar-refractivity contribution >= 4 is 22.2 Å². The third kappa shape index (κ3) is 4.02. The van der Waals surface area contributed by atoms with E-state index in [9.17, 15) is 13.2 Å². The number of hydrogen-bond donors (Lipinski definition) is 1. The molecule has 0 atom stereocenters. The average molecular weight is 165 g/mol. The lowest BCUT2D eigenvalue weighted by Gasteiger charge is -1.89. The Hall–Kier alpha value is -0.910. The summed E-state index contributed by atoms with van der Waals surface area (Å²) in [5.74, 6) is -2.34. The van der Waals surface area contributed by atoms with Gasteiger partial charge in [0.25, 0.3) is 10.0 Å². The van der Waals surface area contributed by atoms with Crippen LogP contribution in [0.25, 0.3) is 0 Å². The van der Waals surface area contributed by atoms with Gasteiger partial charge in [-0.2, -0.15) is 4.40 Å². The summed E-state index contributed by atoms with van der Waals surface area (Å²) < 4.78 is 23.9. The first-order valence-corrected chi connectivity index (χ1v) is 4.03. The van der Waals surface area contributed by atoms with E-state index < -0.39 is 21.7 Å². The first-order valence-electron chi connectivity index (χ1n) is 2.42. The minimum Gasteiger partial charge on any atom is -0.480 e. The Balaban J connectivity index is 4.30. The maximum atomic E-state index is 10.5. The van der Waals surface area contributed by atoms with Gasteiger partial charge in [-0.05, 0) is 6.92 Å². The molecule has 0 aliphatic heterocycles. The lowest BCUT2D eigenvalue weighted by atomic mass is 10.8. The van der Waals surface area contributed by atoms with Crippen LogP contribution in [0.4, 0.5) is 0 Å². The van der Waals surface area contributed by atoms with Gasteiger partial charge in [0.05, 0.1) is 0 Å². The van der Waals surface area contributed by atoms with Crippen molar-refractivity contribution in [1.29, 1.82) is 0 Å². The minimum atomic E-state index is -3.76. The van der Waals surface area contributed by atoms with E-state index in [0.29, 0.717) is 0 Å². The molecule has 0 aliphatic rings. The second kappa shape index (κ2) is 3.31. The second-order valence-electron chi connectivity index (χ2n) is 1.48. The van der Waals surface area contributed by atoms with Gasteiger partial charge < -0.3 is 5.11 Å². The number of carbonyl (C=O) groups is 1. The largest absolute Gasteiger partial charge is 0.480 e. The molecule has 0 amide bonds. The predicted molar refractivity (Wildman–Crippen MR) is 35.6 cm³/mol. The van der Waals surface area contributed by atoms with Crippen LogP contribution in [0.2, 0.25) is 0 Å². The number of aliphatic carboxylic acids is 1. The molecule has 0 aromatic rings. The summed E-state index contributed by atoms with van der Waals surface area (Å²) in [6.45, 7) is 1.40. The molecular formula is C4H7NO4S. The van der Waals surface area contributed by atoms with E-state index in [-0.39, 0.29) is 0 Å². The van der Waals surface area contributed by atoms with Crippen LogP contribution in [-0.2, 0) is 14.8 Å². The number of carboxylic acids is 1. The summed E-state index contributed by atoms with van der Waals surface area (Å²) in [7, 11) is -3.76. The Bertz CT molecular complexity index is 240. The molecule has 0 spiro atoms. The summed E-state index contributed by atoms with van der Waals surface area (Å²) in [5, 5.41) is 8.02. The smallest absolute Gasteiger partial charge is 0.320 e.